The van der Waals surface area contributed by atoms with Crippen molar-refractivity contribution in [3.63, 3.8) is 0 Å². The fourth-order valence-electron chi connectivity index (χ4n) is 5.13. The lowest BCUT2D eigenvalue weighted by Crippen LogP contribution is -2.06. The largest absolute Gasteiger partial charge is 0.466 e. The molecule has 0 unspecified atom stereocenters. The number of esters is 1. The first-order chi connectivity index (χ1) is 16.8. The molecular formula is C31H38O2S. The Morgan fingerprint density at radius 3 is 2.00 bits per heavy atom. The molecule has 0 saturated heterocycles. The Labute approximate surface area is 209 Å². The van der Waals surface area contributed by atoms with Gasteiger partial charge in [-0.2, -0.15) is 12.6 Å². The predicted octanol–water partition coefficient (Wildman–Crippen LogP) is 8.89. The first kappa shape index (κ1) is 24.9. The zero-order valence-electron chi connectivity index (χ0n) is 20.4. The SMILES string of the molecule is O=C(CCCCCCCCCCS)OCCCCc1ccc2ccc3cccc4ccc1c2c34. The second-order valence-corrected chi connectivity index (χ2v) is 10.0. The summed E-state index contributed by atoms with van der Waals surface area (Å²) in [6, 6.07) is 20.1. The van der Waals surface area contributed by atoms with Crippen molar-refractivity contribution >= 4 is 50.9 Å². The van der Waals surface area contributed by atoms with Crippen molar-refractivity contribution in [1.82, 2.24) is 0 Å². The number of rotatable bonds is 15. The van der Waals surface area contributed by atoms with Gasteiger partial charge in [0, 0.05) is 6.42 Å². The van der Waals surface area contributed by atoms with Gasteiger partial charge in [0.1, 0.15) is 0 Å². The molecule has 0 atom stereocenters. The summed E-state index contributed by atoms with van der Waals surface area (Å²) in [6.45, 7) is 0.538. The molecule has 4 rings (SSSR count). The second kappa shape index (κ2) is 13.0. The van der Waals surface area contributed by atoms with Gasteiger partial charge in [-0.25, -0.2) is 0 Å². The summed E-state index contributed by atoms with van der Waals surface area (Å²) in [4.78, 5) is 12.0. The summed E-state index contributed by atoms with van der Waals surface area (Å²) >= 11 is 4.25. The number of aryl methyl sites for hydroxylation is 1. The van der Waals surface area contributed by atoms with Crippen LogP contribution in [0.5, 0.6) is 0 Å². The lowest BCUT2D eigenvalue weighted by Gasteiger charge is -2.14. The van der Waals surface area contributed by atoms with Crippen molar-refractivity contribution < 1.29 is 9.53 Å². The molecule has 0 saturated carbocycles. The summed E-state index contributed by atoms with van der Waals surface area (Å²) in [6.07, 6.45) is 13.3. The van der Waals surface area contributed by atoms with Gasteiger partial charge in [0.05, 0.1) is 6.61 Å². The molecule has 0 aromatic heterocycles. The summed E-state index contributed by atoms with van der Waals surface area (Å²) in [7, 11) is 0. The van der Waals surface area contributed by atoms with Crippen LogP contribution in [0.4, 0.5) is 0 Å². The minimum Gasteiger partial charge on any atom is -0.466 e. The van der Waals surface area contributed by atoms with Gasteiger partial charge in [0.2, 0.25) is 0 Å². The Morgan fingerprint density at radius 1 is 0.647 bits per heavy atom. The Bertz CT molecular complexity index is 1170. The zero-order chi connectivity index (χ0) is 23.6. The average molecular weight is 475 g/mol. The van der Waals surface area contributed by atoms with Crippen molar-refractivity contribution in [3.8, 4) is 0 Å². The molecule has 0 aliphatic carbocycles. The van der Waals surface area contributed by atoms with E-state index in [4.69, 9.17) is 4.74 Å². The first-order valence-corrected chi connectivity index (χ1v) is 13.8. The predicted molar refractivity (Wildman–Crippen MR) is 149 cm³/mol. The lowest BCUT2D eigenvalue weighted by molar-refractivity contribution is -0.143. The van der Waals surface area contributed by atoms with Crippen LogP contribution in [0.15, 0.2) is 54.6 Å². The van der Waals surface area contributed by atoms with Crippen molar-refractivity contribution in [2.24, 2.45) is 0 Å². The van der Waals surface area contributed by atoms with Gasteiger partial charge in [-0.1, -0.05) is 93.1 Å². The molecular weight excluding hydrogens is 436 g/mol. The van der Waals surface area contributed by atoms with E-state index in [9.17, 15) is 4.79 Å². The Balaban J connectivity index is 1.16. The van der Waals surface area contributed by atoms with E-state index in [-0.39, 0.29) is 5.97 Å². The standard InChI is InChI=1S/C31H38O2S/c32-29(15-7-5-3-1-2-4-6-10-23-34)33-22-9-8-12-24-16-17-27-19-18-25-13-11-14-26-20-21-28(24)31(27)30(25)26/h11,13-14,16-21,34H,1-10,12,15,22-23H2. The molecule has 3 heteroatoms. The number of unbranched alkanes of at least 4 members (excludes halogenated alkanes) is 8. The minimum absolute atomic E-state index is 0.0310. The number of hydrogen-bond donors (Lipinski definition) is 1. The van der Waals surface area contributed by atoms with Gasteiger partial charge >= 0.3 is 5.97 Å². The van der Waals surface area contributed by atoms with E-state index < -0.39 is 0 Å². The molecule has 0 bridgehead atoms. The lowest BCUT2D eigenvalue weighted by atomic mass is 9.91. The highest BCUT2D eigenvalue weighted by atomic mass is 32.1. The first-order valence-electron chi connectivity index (χ1n) is 13.2. The molecule has 0 fully saturated rings. The van der Waals surface area contributed by atoms with Gasteiger partial charge in [-0.3, -0.25) is 4.79 Å². The van der Waals surface area contributed by atoms with Crippen LogP contribution in [0.2, 0.25) is 0 Å². The molecule has 4 aromatic rings. The minimum atomic E-state index is -0.0310. The van der Waals surface area contributed by atoms with Crippen LogP contribution >= 0.6 is 12.6 Å². The van der Waals surface area contributed by atoms with Crippen molar-refractivity contribution in [3.05, 3.63) is 60.2 Å². The summed E-state index contributed by atoms with van der Waals surface area (Å²) in [5.74, 6) is 0.971. The van der Waals surface area contributed by atoms with E-state index >= 15 is 0 Å². The third-order valence-electron chi connectivity index (χ3n) is 7.01. The van der Waals surface area contributed by atoms with Crippen LogP contribution < -0.4 is 0 Å². The van der Waals surface area contributed by atoms with E-state index in [0.717, 1.165) is 37.9 Å². The number of benzene rings is 4. The maximum Gasteiger partial charge on any atom is 0.305 e. The molecule has 0 N–H and O–H groups in total. The van der Waals surface area contributed by atoms with Gasteiger partial charge < -0.3 is 4.74 Å². The summed E-state index contributed by atoms with van der Waals surface area (Å²) in [5, 5.41) is 8.05. The van der Waals surface area contributed by atoms with E-state index in [0.29, 0.717) is 13.0 Å². The van der Waals surface area contributed by atoms with Crippen LogP contribution in [-0.4, -0.2) is 18.3 Å². The fraction of sp³-hybridized carbons (Fsp3) is 0.452. The van der Waals surface area contributed by atoms with Crippen molar-refractivity contribution in [2.45, 2.75) is 77.0 Å². The highest BCUT2D eigenvalue weighted by molar-refractivity contribution is 7.80. The van der Waals surface area contributed by atoms with E-state index in [1.807, 2.05) is 0 Å². The second-order valence-electron chi connectivity index (χ2n) is 9.56. The topological polar surface area (TPSA) is 26.3 Å². The molecule has 34 heavy (non-hydrogen) atoms. The number of thiol groups is 1. The number of hydrogen-bond acceptors (Lipinski definition) is 3. The molecule has 0 heterocycles. The number of ether oxygens (including phenoxy) is 1. The van der Waals surface area contributed by atoms with Gasteiger partial charge in [0.25, 0.3) is 0 Å². The van der Waals surface area contributed by atoms with Crippen molar-refractivity contribution in [1.29, 1.82) is 0 Å². The van der Waals surface area contributed by atoms with E-state index in [1.54, 1.807) is 0 Å². The molecule has 4 aromatic carbocycles. The normalized spacial score (nSPS) is 11.7. The molecule has 0 amide bonds. The molecule has 0 spiro atoms. The summed E-state index contributed by atoms with van der Waals surface area (Å²) in [5.41, 5.74) is 1.39. The number of carbonyl (C=O) groups excluding carboxylic acids is 1. The Kier molecular flexibility index (Phi) is 9.50. The zero-order valence-corrected chi connectivity index (χ0v) is 21.3. The van der Waals surface area contributed by atoms with Crippen LogP contribution in [0.3, 0.4) is 0 Å². The highest BCUT2D eigenvalue weighted by Crippen LogP contribution is 2.36. The number of carbonyl (C=O) groups is 1. The molecule has 0 radical (unpaired) electrons. The average Bonchev–Trinajstić information content (AvgIpc) is 2.86. The van der Waals surface area contributed by atoms with E-state index in [2.05, 4.69) is 67.2 Å². The summed E-state index contributed by atoms with van der Waals surface area (Å²) < 4.78 is 5.49. The van der Waals surface area contributed by atoms with Crippen LogP contribution in [0.1, 0.15) is 76.2 Å². The highest BCUT2D eigenvalue weighted by Gasteiger charge is 2.10. The Morgan fingerprint density at radius 2 is 1.26 bits per heavy atom. The maximum absolute atomic E-state index is 12.0. The fourth-order valence-corrected chi connectivity index (χ4v) is 5.35. The van der Waals surface area contributed by atoms with Crippen LogP contribution in [0.25, 0.3) is 32.3 Å². The van der Waals surface area contributed by atoms with Gasteiger partial charge in [0.15, 0.2) is 0 Å². The van der Waals surface area contributed by atoms with E-state index in [1.165, 1.54) is 76.4 Å². The van der Waals surface area contributed by atoms with Crippen LogP contribution in [-0.2, 0) is 16.0 Å². The quantitative estimate of drug-likeness (QED) is 0.0805. The van der Waals surface area contributed by atoms with Crippen molar-refractivity contribution in [2.75, 3.05) is 12.4 Å². The third-order valence-corrected chi connectivity index (χ3v) is 7.33. The smallest absolute Gasteiger partial charge is 0.305 e. The Hall–Kier alpha value is -2.26. The molecule has 0 aliphatic heterocycles. The van der Waals surface area contributed by atoms with Gasteiger partial charge in [-0.05, 0) is 75.7 Å². The van der Waals surface area contributed by atoms with Crippen LogP contribution in [0, 0.1) is 0 Å². The third kappa shape index (κ3) is 6.44. The van der Waals surface area contributed by atoms with Gasteiger partial charge in [-0.15, -0.1) is 0 Å². The molecule has 0 aliphatic rings. The maximum atomic E-state index is 12.0. The monoisotopic (exact) mass is 474 g/mol. The molecule has 2 nitrogen and oxygen atoms in total. The molecule has 180 valence electrons.